The minimum absolute atomic E-state index is 0.304. The molecule has 2 heteroatoms. The molecule has 1 amide bonds. The van der Waals surface area contributed by atoms with Gasteiger partial charge in [-0.2, -0.15) is 0 Å². The second-order valence-electron chi connectivity index (χ2n) is 4.24. The van der Waals surface area contributed by atoms with Crippen LogP contribution in [0, 0.1) is 5.92 Å². The van der Waals surface area contributed by atoms with Crippen molar-refractivity contribution in [2.75, 3.05) is 13.1 Å². The normalized spacial score (nSPS) is 15.6. The van der Waals surface area contributed by atoms with E-state index in [-0.39, 0.29) is 0 Å². The Bertz CT molecular complexity index is 219. The van der Waals surface area contributed by atoms with Gasteiger partial charge < -0.3 is 4.90 Å². The molecule has 1 aliphatic rings. The zero-order valence-corrected chi connectivity index (χ0v) is 10.8. The van der Waals surface area contributed by atoms with Crippen molar-refractivity contribution in [2.45, 2.75) is 47.5 Å². The van der Waals surface area contributed by atoms with Gasteiger partial charge in [0.15, 0.2) is 0 Å². The maximum atomic E-state index is 11.6. The molecule has 1 aliphatic heterocycles. The molecule has 0 aromatic rings. The molecule has 0 aliphatic carbocycles. The Morgan fingerprint density at radius 3 is 2.47 bits per heavy atom. The maximum absolute atomic E-state index is 11.6. The fraction of sp³-hybridized carbons (Fsp3) is 0.769. The Morgan fingerprint density at radius 1 is 1.47 bits per heavy atom. The zero-order valence-electron chi connectivity index (χ0n) is 10.8. The van der Waals surface area contributed by atoms with Gasteiger partial charge in [-0.25, -0.2) is 0 Å². The van der Waals surface area contributed by atoms with Crippen LogP contribution in [0.25, 0.3) is 0 Å². The van der Waals surface area contributed by atoms with Crippen LogP contribution in [0.4, 0.5) is 0 Å². The van der Waals surface area contributed by atoms with E-state index in [0.717, 1.165) is 19.5 Å². The second-order valence-corrected chi connectivity index (χ2v) is 4.24. The smallest absolute Gasteiger partial charge is 0.223 e. The summed E-state index contributed by atoms with van der Waals surface area (Å²) in [5.41, 5.74) is 1.41. The SMILES string of the molecule is CC.CC1=CCN(C(=O)CC(C)C)CC1. The number of hydrogen-bond acceptors (Lipinski definition) is 1. The van der Waals surface area contributed by atoms with Crippen molar-refractivity contribution in [3.63, 3.8) is 0 Å². The molecular formula is C13H25NO. The van der Waals surface area contributed by atoms with E-state index in [0.29, 0.717) is 18.2 Å². The van der Waals surface area contributed by atoms with Gasteiger partial charge in [-0.1, -0.05) is 39.3 Å². The lowest BCUT2D eigenvalue weighted by Gasteiger charge is -2.26. The first kappa shape index (κ1) is 14.2. The molecule has 0 aromatic carbocycles. The first-order valence-electron chi connectivity index (χ1n) is 6.03. The highest BCUT2D eigenvalue weighted by Gasteiger charge is 2.16. The minimum Gasteiger partial charge on any atom is -0.339 e. The van der Waals surface area contributed by atoms with Gasteiger partial charge in [-0.3, -0.25) is 4.79 Å². The predicted molar refractivity (Wildman–Crippen MR) is 65.8 cm³/mol. The molecule has 1 rings (SSSR count). The molecule has 0 saturated carbocycles. The molecule has 0 N–H and O–H groups in total. The number of hydrogen-bond donors (Lipinski definition) is 0. The Labute approximate surface area is 94.4 Å². The molecule has 88 valence electrons. The van der Waals surface area contributed by atoms with Crippen LogP contribution >= 0.6 is 0 Å². The number of nitrogens with zero attached hydrogens (tertiary/aromatic N) is 1. The first-order valence-corrected chi connectivity index (χ1v) is 6.03. The van der Waals surface area contributed by atoms with E-state index in [1.807, 2.05) is 18.7 Å². The highest BCUT2D eigenvalue weighted by atomic mass is 16.2. The first-order chi connectivity index (χ1) is 7.09. The summed E-state index contributed by atoms with van der Waals surface area (Å²) >= 11 is 0. The number of carbonyl (C=O) groups is 1. The predicted octanol–water partition coefficient (Wildman–Crippen LogP) is 3.24. The number of carbonyl (C=O) groups excluding carboxylic acids is 1. The van der Waals surface area contributed by atoms with Gasteiger partial charge in [0.2, 0.25) is 5.91 Å². The Kier molecular flexibility index (Phi) is 7.10. The lowest BCUT2D eigenvalue weighted by atomic mass is 10.1. The van der Waals surface area contributed by atoms with E-state index in [9.17, 15) is 4.79 Å². The van der Waals surface area contributed by atoms with Crippen LogP contribution in [0.1, 0.15) is 47.5 Å². The van der Waals surface area contributed by atoms with Gasteiger partial charge in [-0.15, -0.1) is 0 Å². The molecule has 0 atom stereocenters. The molecule has 0 spiro atoms. The van der Waals surface area contributed by atoms with Crippen molar-refractivity contribution in [3.05, 3.63) is 11.6 Å². The van der Waals surface area contributed by atoms with Gasteiger partial charge in [0, 0.05) is 19.5 Å². The third kappa shape index (κ3) is 5.60. The van der Waals surface area contributed by atoms with E-state index in [1.54, 1.807) is 0 Å². The summed E-state index contributed by atoms with van der Waals surface area (Å²) in [6.07, 6.45) is 3.89. The standard InChI is InChI=1S/C11H19NO.C2H6/c1-9(2)8-11(13)12-6-4-10(3)5-7-12;1-2/h4,9H,5-8H2,1-3H3;1-2H3. The maximum Gasteiger partial charge on any atom is 0.223 e. The number of rotatable bonds is 2. The van der Waals surface area contributed by atoms with E-state index in [1.165, 1.54) is 5.57 Å². The quantitative estimate of drug-likeness (QED) is 0.642. The van der Waals surface area contributed by atoms with E-state index < -0.39 is 0 Å². The fourth-order valence-corrected chi connectivity index (χ4v) is 1.48. The van der Waals surface area contributed by atoms with Crippen molar-refractivity contribution in [1.29, 1.82) is 0 Å². The average Bonchev–Trinajstić information content (AvgIpc) is 2.20. The lowest BCUT2D eigenvalue weighted by molar-refractivity contribution is -0.131. The Balaban J connectivity index is 0.000000921. The van der Waals surface area contributed by atoms with Crippen LogP contribution in [0.2, 0.25) is 0 Å². The van der Waals surface area contributed by atoms with E-state index >= 15 is 0 Å². The van der Waals surface area contributed by atoms with Crippen molar-refractivity contribution >= 4 is 5.91 Å². The third-order valence-corrected chi connectivity index (χ3v) is 2.37. The zero-order chi connectivity index (χ0) is 11.8. The molecule has 2 nitrogen and oxygen atoms in total. The van der Waals surface area contributed by atoms with Gasteiger partial charge in [0.25, 0.3) is 0 Å². The minimum atomic E-state index is 0.304. The van der Waals surface area contributed by atoms with Crippen LogP contribution in [0.15, 0.2) is 11.6 Å². The molecule has 0 unspecified atom stereocenters. The lowest BCUT2D eigenvalue weighted by Crippen LogP contribution is -2.35. The molecule has 15 heavy (non-hydrogen) atoms. The molecular weight excluding hydrogens is 186 g/mol. The van der Waals surface area contributed by atoms with Gasteiger partial charge in [0.05, 0.1) is 0 Å². The van der Waals surface area contributed by atoms with Gasteiger partial charge >= 0.3 is 0 Å². The summed E-state index contributed by atoms with van der Waals surface area (Å²) in [5, 5.41) is 0. The van der Waals surface area contributed by atoms with Crippen LogP contribution in [0.3, 0.4) is 0 Å². The summed E-state index contributed by atoms with van der Waals surface area (Å²) in [6, 6.07) is 0. The largest absolute Gasteiger partial charge is 0.339 e. The van der Waals surface area contributed by atoms with Crippen molar-refractivity contribution < 1.29 is 4.79 Å². The molecule has 0 bridgehead atoms. The highest BCUT2D eigenvalue weighted by Crippen LogP contribution is 2.12. The topological polar surface area (TPSA) is 20.3 Å². The monoisotopic (exact) mass is 211 g/mol. The Hall–Kier alpha value is -0.790. The Morgan fingerprint density at radius 2 is 2.07 bits per heavy atom. The van der Waals surface area contributed by atoms with Crippen molar-refractivity contribution in [1.82, 2.24) is 4.90 Å². The summed E-state index contributed by atoms with van der Waals surface area (Å²) in [7, 11) is 0. The fourth-order valence-electron chi connectivity index (χ4n) is 1.48. The average molecular weight is 211 g/mol. The summed E-state index contributed by atoms with van der Waals surface area (Å²) in [6.45, 7) is 12.0. The second kappa shape index (κ2) is 7.49. The molecule has 1 heterocycles. The molecule has 0 aromatic heterocycles. The third-order valence-electron chi connectivity index (χ3n) is 2.37. The summed E-state index contributed by atoms with van der Waals surface area (Å²) in [4.78, 5) is 13.6. The summed E-state index contributed by atoms with van der Waals surface area (Å²) < 4.78 is 0. The highest BCUT2D eigenvalue weighted by molar-refractivity contribution is 5.76. The van der Waals surface area contributed by atoms with Crippen LogP contribution in [-0.4, -0.2) is 23.9 Å². The van der Waals surface area contributed by atoms with Gasteiger partial charge in [0.1, 0.15) is 0 Å². The van der Waals surface area contributed by atoms with Crippen molar-refractivity contribution in [2.24, 2.45) is 5.92 Å². The molecule has 0 fully saturated rings. The summed E-state index contributed by atoms with van der Waals surface area (Å²) in [5.74, 6) is 0.776. The molecule has 0 radical (unpaired) electrons. The van der Waals surface area contributed by atoms with Crippen LogP contribution in [0.5, 0.6) is 0 Å². The van der Waals surface area contributed by atoms with E-state index in [4.69, 9.17) is 0 Å². The van der Waals surface area contributed by atoms with Gasteiger partial charge in [-0.05, 0) is 19.3 Å². The van der Waals surface area contributed by atoms with Crippen LogP contribution < -0.4 is 0 Å². The van der Waals surface area contributed by atoms with E-state index in [2.05, 4.69) is 26.8 Å². The van der Waals surface area contributed by atoms with Crippen LogP contribution in [-0.2, 0) is 4.79 Å². The number of amides is 1. The van der Waals surface area contributed by atoms with Crippen molar-refractivity contribution in [3.8, 4) is 0 Å². The molecule has 0 saturated heterocycles.